The smallest absolute Gasteiger partial charge is 0.528 e. The molecule has 23 heavy (non-hydrogen) atoms. The summed E-state index contributed by atoms with van der Waals surface area (Å²) in [6, 6.07) is 15.6. The fourth-order valence-electron chi connectivity index (χ4n) is 2.31. The molecule has 0 saturated carbocycles. The van der Waals surface area contributed by atoms with Crippen molar-refractivity contribution in [1.29, 1.82) is 0 Å². The van der Waals surface area contributed by atoms with Crippen molar-refractivity contribution in [3.8, 4) is 11.5 Å². The molecule has 0 amide bonds. The number of methoxy groups -OCH3 is 2. The number of benzene rings is 2. The molecule has 0 aliphatic rings. The second kappa shape index (κ2) is 8.60. The number of hydrogen-bond acceptors (Lipinski definition) is 4. The van der Waals surface area contributed by atoms with Crippen molar-refractivity contribution in [1.82, 2.24) is 0 Å². The van der Waals surface area contributed by atoms with Crippen LogP contribution in [0.2, 0.25) is 0 Å². The molecular weight excluding hydrogens is 291 g/mol. The topological polar surface area (TPSA) is 36.9 Å². The zero-order valence-electron chi connectivity index (χ0n) is 14.1. The van der Waals surface area contributed by atoms with Gasteiger partial charge in [-0.25, -0.2) is 0 Å². The molecule has 4 nitrogen and oxygen atoms in total. The highest BCUT2D eigenvalue weighted by molar-refractivity contribution is 6.20. The van der Waals surface area contributed by atoms with Gasteiger partial charge in [0.15, 0.2) is 0 Å². The number of ether oxygens (including phenoxy) is 2. The predicted molar refractivity (Wildman–Crippen MR) is 92.1 cm³/mol. The molecule has 0 bridgehead atoms. The molecule has 0 N–H and O–H groups in total. The summed E-state index contributed by atoms with van der Waals surface area (Å²) in [5, 5.41) is 0. The minimum atomic E-state index is -0.0352. The maximum atomic E-state index is 5.79. The molecule has 0 heterocycles. The van der Waals surface area contributed by atoms with Gasteiger partial charge in [-0.2, -0.15) is 0 Å². The van der Waals surface area contributed by atoms with Gasteiger partial charge in [-0.05, 0) is 26.0 Å². The molecule has 5 heteroatoms. The van der Waals surface area contributed by atoms with Gasteiger partial charge in [-0.3, -0.25) is 0 Å². The Balaban J connectivity index is 2.04. The van der Waals surface area contributed by atoms with E-state index in [0.29, 0.717) is 0 Å². The van der Waals surface area contributed by atoms with E-state index in [9.17, 15) is 0 Å². The van der Waals surface area contributed by atoms with E-state index in [1.165, 1.54) is 0 Å². The van der Waals surface area contributed by atoms with E-state index in [-0.39, 0.29) is 19.9 Å². The molecule has 0 aromatic heterocycles. The van der Waals surface area contributed by atoms with E-state index >= 15 is 0 Å². The van der Waals surface area contributed by atoms with E-state index < -0.39 is 0 Å². The molecule has 0 aliphatic carbocycles. The zero-order chi connectivity index (χ0) is 16.7. The van der Waals surface area contributed by atoms with Crippen LogP contribution in [0.3, 0.4) is 0 Å². The highest BCUT2D eigenvalue weighted by Gasteiger charge is 2.13. The predicted octanol–water partition coefficient (Wildman–Crippen LogP) is 3.83. The van der Waals surface area contributed by atoms with Crippen molar-refractivity contribution in [2.24, 2.45) is 0 Å². The lowest BCUT2D eigenvalue weighted by molar-refractivity contribution is 0.117. The monoisotopic (exact) mass is 314 g/mol. The van der Waals surface area contributed by atoms with Crippen molar-refractivity contribution >= 4 is 7.69 Å². The first kappa shape index (κ1) is 17.4. The van der Waals surface area contributed by atoms with Crippen LogP contribution in [0.25, 0.3) is 0 Å². The van der Waals surface area contributed by atoms with Gasteiger partial charge in [0.1, 0.15) is 11.5 Å². The summed E-state index contributed by atoms with van der Waals surface area (Å²) < 4.78 is 22.3. The lowest BCUT2D eigenvalue weighted by atomic mass is 10.1. The lowest BCUT2D eigenvalue weighted by Gasteiger charge is -2.18. The van der Waals surface area contributed by atoms with Gasteiger partial charge in [0.2, 0.25) is 0 Å². The fourth-order valence-corrected chi connectivity index (χ4v) is 2.31. The van der Waals surface area contributed by atoms with Crippen LogP contribution < -0.4 is 9.31 Å². The molecule has 2 aromatic carbocycles. The second-order valence-electron chi connectivity index (χ2n) is 5.24. The quantitative estimate of drug-likeness (QED) is 0.694. The average Bonchev–Trinajstić information content (AvgIpc) is 2.61. The minimum Gasteiger partial charge on any atom is -0.528 e. The van der Waals surface area contributed by atoms with Crippen LogP contribution in [0.5, 0.6) is 11.5 Å². The van der Waals surface area contributed by atoms with E-state index in [2.05, 4.69) is 0 Å². The Morgan fingerprint density at radius 2 is 1.09 bits per heavy atom. The average molecular weight is 314 g/mol. The van der Waals surface area contributed by atoms with Crippen molar-refractivity contribution in [2.45, 2.75) is 26.1 Å². The minimum absolute atomic E-state index is 0.0352. The van der Waals surface area contributed by atoms with Gasteiger partial charge in [-0.15, -0.1) is 0 Å². The standard InChI is InChI=1S/C18H23BO4/c1-13(20-3)15-9-5-7-11-17(15)22-19-23-18-12-8-6-10-16(18)14(2)21-4/h5-14,19H,1-4H3. The van der Waals surface area contributed by atoms with E-state index in [4.69, 9.17) is 18.8 Å². The van der Waals surface area contributed by atoms with Crippen LogP contribution in [0.1, 0.15) is 37.2 Å². The first-order valence-electron chi connectivity index (χ1n) is 7.66. The molecule has 0 spiro atoms. The lowest BCUT2D eigenvalue weighted by Crippen LogP contribution is -2.14. The molecule has 2 unspecified atom stereocenters. The van der Waals surface area contributed by atoms with Crippen LogP contribution in [0.4, 0.5) is 0 Å². The molecule has 0 fully saturated rings. The van der Waals surface area contributed by atoms with Gasteiger partial charge in [-0.1, -0.05) is 36.4 Å². The maximum Gasteiger partial charge on any atom is 0.576 e. The summed E-state index contributed by atoms with van der Waals surface area (Å²) >= 11 is 0. The van der Waals surface area contributed by atoms with Gasteiger partial charge < -0.3 is 18.8 Å². The third-order valence-corrected chi connectivity index (χ3v) is 3.85. The maximum absolute atomic E-state index is 5.79. The molecule has 2 atom stereocenters. The van der Waals surface area contributed by atoms with Crippen LogP contribution >= 0.6 is 0 Å². The molecule has 0 saturated heterocycles. The Kier molecular flexibility index (Phi) is 6.50. The van der Waals surface area contributed by atoms with Crippen LogP contribution in [0, 0.1) is 0 Å². The Hall–Kier alpha value is -1.98. The SMILES string of the molecule is COC(C)c1ccccc1OBOc1ccccc1C(C)OC. The van der Waals surface area contributed by atoms with Crippen LogP contribution in [-0.2, 0) is 9.47 Å². The van der Waals surface area contributed by atoms with Gasteiger partial charge >= 0.3 is 7.69 Å². The summed E-state index contributed by atoms with van der Waals surface area (Å²) in [4.78, 5) is 0. The van der Waals surface area contributed by atoms with E-state index in [1.54, 1.807) is 14.2 Å². The summed E-state index contributed by atoms with van der Waals surface area (Å²) in [6.07, 6.45) is -0.0704. The van der Waals surface area contributed by atoms with Crippen LogP contribution in [-0.4, -0.2) is 21.9 Å². The van der Waals surface area contributed by atoms with Crippen molar-refractivity contribution < 1.29 is 18.8 Å². The molecule has 0 radical (unpaired) electrons. The van der Waals surface area contributed by atoms with Crippen molar-refractivity contribution in [3.63, 3.8) is 0 Å². The number of para-hydroxylation sites is 2. The largest absolute Gasteiger partial charge is 0.576 e. The summed E-state index contributed by atoms with van der Waals surface area (Å²) in [5.41, 5.74) is 1.99. The van der Waals surface area contributed by atoms with E-state index in [0.717, 1.165) is 22.6 Å². The first-order valence-corrected chi connectivity index (χ1v) is 7.66. The molecule has 0 aliphatic heterocycles. The molecular formula is C18H23BO4. The molecule has 122 valence electrons. The van der Waals surface area contributed by atoms with Crippen molar-refractivity contribution in [2.75, 3.05) is 14.2 Å². The fraction of sp³-hybridized carbons (Fsp3) is 0.333. The molecule has 2 rings (SSSR count). The second-order valence-corrected chi connectivity index (χ2v) is 5.24. The van der Waals surface area contributed by atoms with E-state index in [1.807, 2.05) is 62.4 Å². The third kappa shape index (κ3) is 4.50. The Labute approximate surface area is 138 Å². The summed E-state index contributed by atoms with van der Waals surface area (Å²) in [7, 11) is 3.49. The summed E-state index contributed by atoms with van der Waals surface area (Å²) in [5.74, 6) is 1.53. The normalized spacial score (nSPS) is 13.2. The summed E-state index contributed by atoms with van der Waals surface area (Å²) in [6.45, 7) is 3.97. The highest BCUT2D eigenvalue weighted by Crippen LogP contribution is 2.28. The zero-order valence-corrected chi connectivity index (χ0v) is 14.1. The van der Waals surface area contributed by atoms with Gasteiger partial charge in [0.05, 0.1) is 12.2 Å². The van der Waals surface area contributed by atoms with Crippen molar-refractivity contribution in [3.05, 3.63) is 59.7 Å². The Morgan fingerprint density at radius 1 is 0.696 bits per heavy atom. The Morgan fingerprint density at radius 3 is 1.48 bits per heavy atom. The van der Waals surface area contributed by atoms with Crippen LogP contribution in [0.15, 0.2) is 48.5 Å². The first-order chi connectivity index (χ1) is 11.2. The number of rotatable bonds is 8. The van der Waals surface area contributed by atoms with Gasteiger partial charge in [0.25, 0.3) is 0 Å². The Bertz CT molecular complexity index is 564. The highest BCUT2D eigenvalue weighted by atomic mass is 16.6. The third-order valence-electron chi connectivity index (χ3n) is 3.85. The van der Waals surface area contributed by atoms with Gasteiger partial charge in [0, 0.05) is 25.3 Å². The molecule has 2 aromatic rings. The number of hydrogen-bond donors (Lipinski definition) is 0.